The van der Waals surface area contributed by atoms with Gasteiger partial charge in [0.2, 0.25) is 0 Å². The lowest BCUT2D eigenvalue weighted by Gasteiger charge is -2.16. The summed E-state index contributed by atoms with van der Waals surface area (Å²) in [4.78, 5) is 24.6. The Balaban J connectivity index is 2.15. The molecule has 0 aliphatic carbocycles. The van der Waals surface area contributed by atoms with E-state index >= 15 is 0 Å². The maximum absolute atomic E-state index is 13.2. The van der Waals surface area contributed by atoms with Crippen LogP contribution in [-0.4, -0.2) is 35.9 Å². The predicted molar refractivity (Wildman–Crippen MR) is 109 cm³/mol. The highest BCUT2D eigenvalue weighted by Crippen LogP contribution is 2.23. The summed E-state index contributed by atoms with van der Waals surface area (Å²) >= 11 is 0. The number of rotatable bonds is 7. The van der Waals surface area contributed by atoms with E-state index < -0.39 is 12.0 Å². The summed E-state index contributed by atoms with van der Waals surface area (Å²) in [6.45, 7) is 2.29. The van der Waals surface area contributed by atoms with Gasteiger partial charge in [0.25, 0.3) is 0 Å². The average molecular weight is 358 g/mol. The first-order chi connectivity index (χ1) is 12.9. The quantitative estimate of drug-likeness (QED) is 0.647. The van der Waals surface area contributed by atoms with Gasteiger partial charge in [-0.05, 0) is 24.1 Å². The molecule has 1 N–H and O–H groups in total. The number of benzene rings is 2. The summed E-state index contributed by atoms with van der Waals surface area (Å²) in [6, 6.07) is 12.3. The first kappa shape index (κ1) is 19.1. The van der Waals surface area contributed by atoms with Crippen LogP contribution in [0.25, 0.3) is 11.0 Å². The summed E-state index contributed by atoms with van der Waals surface area (Å²) in [6.07, 6.45) is 1.31. The normalized spacial score (nSPS) is 12.3. The second-order valence-electron chi connectivity index (χ2n) is 6.78. The van der Waals surface area contributed by atoms with E-state index in [9.17, 15) is 14.7 Å². The molecule has 0 saturated heterocycles. The zero-order chi connectivity index (χ0) is 19.6. The molecule has 5 nitrogen and oxygen atoms in total. The Hall–Kier alpha value is -2.69. The first-order valence-corrected chi connectivity index (χ1v) is 8.97. The zero-order valence-corrected chi connectivity index (χ0v) is 15.3. The van der Waals surface area contributed by atoms with E-state index in [1.807, 2.05) is 31.2 Å². The molecule has 0 saturated carbocycles. The highest BCUT2D eigenvalue weighted by atomic mass is 16.4. The molecule has 0 aliphatic heterocycles. The highest BCUT2D eigenvalue weighted by Gasteiger charge is 2.22. The molecule has 4 radical (unpaired) electrons. The van der Waals surface area contributed by atoms with E-state index in [1.54, 1.807) is 27.3 Å². The molecule has 1 heterocycles. The number of nitrogens with zero attached hydrogens (tertiary/aromatic N) is 2. The second-order valence-corrected chi connectivity index (χ2v) is 6.78. The van der Waals surface area contributed by atoms with Gasteiger partial charge in [-0.1, -0.05) is 54.6 Å². The zero-order valence-electron chi connectivity index (χ0n) is 15.3. The number of aromatic nitrogens is 2. The fourth-order valence-electron chi connectivity index (χ4n) is 3.61. The van der Waals surface area contributed by atoms with E-state index in [1.165, 1.54) is 0 Å². The van der Waals surface area contributed by atoms with Crippen molar-refractivity contribution < 1.29 is 9.90 Å². The molecule has 1 unspecified atom stereocenters. The molecule has 0 bridgehead atoms. The molecule has 27 heavy (non-hydrogen) atoms. The lowest BCUT2D eigenvalue weighted by Crippen LogP contribution is -2.29. The van der Waals surface area contributed by atoms with Gasteiger partial charge < -0.3 is 5.11 Å². The third-order valence-electron chi connectivity index (χ3n) is 4.64. The number of carboxylic acid groups (broad SMARTS) is 1. The van der Waals surface area contributed by atoms with E-state index in [4.69, 9.17) is 15.7 Å². The fraction of sp³-hybridized carbons (Fsp3) is 0.300. The fourth-order valence-corrected chi connectivity index (χ4v) is 3.61. The molecule has 0 spiro atoms. The van der Waals surface area contributed by atoms with E-state index in [-0.39, 0.29) is 12.1 Å². The van der Waals surface area contributed by atoms with Crippen molar-refractivity contribution in [2.75, 3.05) is 0 Å². The molecule has 1 atom stereocenters. The number of hydrogen-bond donors (Lipinski definition) is 1. The third-order valence-corrected chi connectivity index (χ3v) is 4.64. The Bertz CT molecular complexity index is 1020. The van der Waals surface area contributed by atoms with E-state index in [0.29, 0.717) is 23.9 Å². The highest BCUT2D eigenvalue weighted by molar-refractivity contribution is 6.37. The van der Waals surface area contributed by atoms with Gasteiger partial charge >= 0.3 is 11.7 Å². The first-order valence-electron chi connectivity index (χ1n) is 8.97. The number of hydrogen-bond acceptors (Lipinski definition) is 2. The van der Waals surface area contributed by atoms with Gasteiger partial charge in [-0.2, -0.15) is 0 Å². The number of para-hydroxylation sites is 2. The largest absolute Gasteiger partial charge is 0.481 e. The average Bonchev–Trinajstić information content (AvgIpc) is 2.85. The van der Waals surface area contributed by atoms with Crippen molar-refractivity contribution in [2.24, 2.45) is 0 Å². The molecule has 7 heteroatoms. The molecule has 134 valence electrons. The molecule has 2 aromatic carbocycles. The minimum atomic E-state index is -0.916. The van der Waals surface area contributed by atoms with Crippen LogP contribution in [0.15, 0.2) is 47.3 Å². The number of aliphatic carboxylic acids is 1. The monoisotopic (exact) mass is 358 g/mol. The summed E-state index contributed by atoms with van der Waals surface area (Å²) in [7, 11) is 11.7. The van der Waals surface area contributed by atoms with Crippen molar-refractivity contribution in [1.29, 1.82) is 0 Å². The maximum Gasteiger partial charge on any atom is 0.329 e. The van der Waals surface area contributed by atoms with Gasteiger partial charge in [0.05, 0.1) is 24.0 Å². The van der Waals surface area contributed by atoms with Gasteiger partial charge in [0.1, 0.15) is 15.7 Å². The van der Waals surface area contributed by atoms with Crippen LogP contribution in [0.5, 0.6) is 0 Å². The van der Waals surface area contributed by atoms with Crippen molar-refractivity contribution >= 4 is 43.6 Å². The van der Waals surface area contributed by atoms with E-state index in [2.05, 4.69) is 0 Å². The summed E-state index contributed by atoms with van der Waals surface area (Å²) in [5.74, 6) is -0.916. The van der Waals surface area contributed by atoms with Crippen LogP contribution in [0.1, 0.15) is 37.8 Å². The SMILES string of the molecule is [B]c1cc([B])cc(Cn2c(=O)n(C(CCC)CC(=O)O)c3ccccc32)c1. The summed E-state index contributed by atoms with van der Waals surface area (Å²) < 4.78 is 3.26. The minimum absolute atomic E-state index is 0.0903. The van der Waals surface area contributed by atoms with Crippen LogP contribution >= 0.6 is 0 Å². The predicted octanol–water partition coefficient (Wildman–Crippen LogP) is 1.25. The van der Waals surface area contributed by atoms with Crippen LogP contribution < -0.4 is 16.6 Å². The topological polar surface area (TPSA) is 64.2 Å². The van der Waals surface area contributed by atoms with Crippen LogP contribution in [0, 0.1) is 0 Å². The van der Waals surface area contributed by atoms with Crippen molar-refractivity contribution in [2.45, 2.75) is 38.8 Å². The van der Waals surface area contributed by atoms with Crippen molar-refractivity contribution in [3.05, 3.63) is 58.5 Å². The van der Waals surface area contributed by atoms with Crippen LogP contribution in [0.3, 0.4) is 0 Å². The van der Waals surface area contributed by atoms with Crippen LogP contribution in [-0.2, 0) is 11.3 Å². The number of carboxylic acids is 1. The summed E-state index contributed by atoms with van der Waals surface area (Å²) in [5, 5.41) is 9.29. The third kappa shape index (κ3) is 4.02. The molecule has 3 aromatic rings. The maximum atomic E-state index is 13.2. The standard InChI is InChI=1S/C20H20B2N2O3/c1-2-5-16(11-19(25)26)24-18-7-4-3-6-17(18)23(20(24)27)12-13-8-14(21)10-15(22)9-13/h3-4,6-10,16H,2,5,11-12H2,1H3,(H,25,26). The molecular formula is C20H20B2N2O3. The number of carbonyl (C=O) groups is 1. The van der Waals surface area contributed by atoms with Crippen molar-refractivity contribution in [1.82, 2.24) is 9.13 Å². The van der Waals surface area contributed by atoms with Gasteiger partial charge in [0, 0.05) is 6.04 Å². The molecule has 0 aliphatic rings. The Kier molecular flexibility index (Phi) is 5.59. The Morgan fingerprint density at radius 1 is 1.11 bits per heavy atom. The molecular weight excluding hydrogens is 338 g/mol. The number of fused-ring (bicyclic) bond motifs is 1. The molecule has 0 amide bonds. The summed E-state index contributed by atoms with van der Waals surface area (Å²) in [5.41, 5.74) is 3.17. The van der Waals surface area contributed by atoms with Gasteiger partial charge in [-0.15, -0.1) is 0 Å². The van der Waals surface area contributed by atoms with Crippen molar-refractivity contribution in [3.63, 3.8) is 0 Å². The van der Waals surface area contributed by atoms with Crippen LogP contribution in [0.4, 0.5) is 0 Å². The Morgan fingerprint density at radius 3 is 2.33 bits per heavy atom. The van der Waals surface area contributed by atoms with Crippen molar-refractivity contribution in [3.8, 4) is 0 Å². The molecule has 0 fully saturated rings. The second kappa shape index (κ2) is 7.91. The van der Waals surface area contributed by atoms with Gasteiger partial charge in [-0.25, -0.2) is 4.79 Å². The minimum Gasteiger partial charge on any atom is -0.481 e. The lowest BCUT2D eigenvalue weighted by molar-refractivity contribution is -0.137. The lowest BCUT2D eigenvalue weighted by atomic mass is 9.85. The Morgan fingerprint density at radius 2 is 1.74 bits per heavy atom. The van der Waals surface area contributed by atoms with Gasteiger partial charge in [-0.3, -0.25) is 13.9 Å². The smallest absolute Gasteiger partial charge is 0.329 e. The molecule has 3 rings (SSSR count). The number of imidazole rings is 1. The van der Waals surface area contributed by atoms with E-state index in [0.717, 1.165) is 23.0 Å². The van der Waals surface area contributed by atoms with Gasteiger partial charge in [0.15, 0.2) is 0 Å². The van der Waals surface area contributed by atoms with Crippen LogP contribution in [0.2, 0.25) is 0 Å². The Labute approximate surface area is 160 Å². The molecule has 1 aromatic heterocycles.